The van der Waals surface area contributed by atoms with Crippen LogP contribution in [0.2, 0.25) is 0 Å². The SMILES string of the molecule is O=C1NC(=O)C2(CCCCCC2)N1Cc1cccc(O)c1. The molecule has 1 saturated heterocycles. The van der Waals surface area contributed by atoms with Gasteiger partial charge in [-0.15, -0.1) is 0 Å². The van der Waals surface area contributed by atoms with E-state index in [1.807, 2.05) is 6.07 Å². The molecule has 3 rings (SSSR count). The monoisotopic (exact) mass is 288 g/mol. The van der Waals surface area contributed by atoms with Crippen molar-refractivity contribution in [2.24, 2.45) is 0 Å². The van der Waals surface area contributed by atoms with Gasteiger partial charge in [0, 0.05) is 6.54 Å². The van der Waals surface area contributed by atoms with E-state index in [1.165, 1.54) is 0 Å². The van der Waals surface area contributed by atoms with E-state index in [4.69, 9.17) is 0 Å². The van der Waals surface area contributed by atoms with Gasteiger partial charge in [0.25, 0.3) is 5.91 Å². The number of phenolic OH excluding ortho intramolecular Hbond substituents is 1. The Bertz CT molecular complexity index is 562. The molecule has 0 radical (unpaired) electrons. The molecule has 1 heterocycles. The van der Waals surface area contributed by atoms with Crippen molar-refractivity contribution in [2.75, 3.05) is 0 Å². The van der Waals surface area contributed by atoms with Gasteiger partial charge in [-0.2, -0.15) is 0 Å². The Morgan fingerprint density at radius 3 is 2.52 bits per heavy atom. The predicted octanol–water partition coefficient (Wildman–Crippen LogP) is 2.54. The minimum Gasteiger partial charge on any atom is -0.508 e. The van der Waals surface area contributed by atoms with Crippen molar-refractivity contribution in [1.29, 1.82) is 0 Å². The van der Waals surface area contributed by atoms with Gasteiger partial charge in [-0.05, 0) is 30.5 Å². The summed E-state index contributed by atoms with van der Waals surface area (Å²) in [6, 6.07) is 6.53. The summed E-state index contributed by atoms with van der Waals surface area (Å²) in [5.41, 5.74) is 0.141. The first-order valence-electron chi connectivity index (χ1n) is 7.53. The van der Waals surface area contributed by atoms with Gasteiger partial charge in [0.2, 0.25) is 0 Å². The maximum absolute atomic E-state index is 12.4. The lowest BCUT2D eigenvalue weighted by Gasteiger charge is -2.34. The fourth-order valence-corrected chi connectivity index (χ4v) is 3.47. The van der Waals surface area contributed by atoms with Gasteiger partial charge in [0.1, 0.15) is 11.3 Å². The number of carbonyl (C=O) groups excluding carboxylic acids is 2. The Morgan fingerprint density at radius 1 is 1.14 bits per heavy atom. The number of benzene rings is 1. The third-order valence-electron chi connectivity index (χ3n) is 4.59. The number of hydrogen-bond donors (Lipinski definition) is 2. The Labute approximate surface area is 123 Å². The Morgan fingerprint density at radius 2 is 1.86 bits per heavy atom. The molecular weight excluding hydrogens is 268 g/mol. The summed E-state index contributed by atoms with van der Waals surface area (Å²) in [6.07, 6.45) is 5.62. The fourth-order valence-electron chi connectivity index (χ4n) is 3.47. The van der Waals surface area contributed by atoms with Crippen molar-refractivity contribution in [3.05, 3.63) is 29.8 Å². The van der Waals surface area contributed by atoms with Gasteiger partial charge in [-0.3, -0.25) is 10.1 Å². The predicted molar refractivity (Wildman–Crippen MR) is 77.6 cm³/mol. The zero-order chi connectivity index (χ0) is 14.9. The fraction of sp³-hybridized carbons (Fsp3) is 0.500. The smallest absolute Gasteiger partial charge is 0.325 e. The number of amides is 3. The molecule has 5 nitrogen and oxygen atoms in total. The average molecular weight is 288 g/mol. The standard InChI is InChI=1S/C16H20N2O3/c19-13-7-5-6-12(10-13)11-18-15(21)17-14(20)16(18)8-3-1-2-4-9-16/h5-7,10,19H,1-4,8-9,11H2,(H,17,20,21). The summed E-state index contributed by atoms with van der Waals surface area (Å²) in [5, 5.41) is 12.0. The molecule has 5 heteroatoms. The van der Waals surface area contributed by atoms with E-state index in [9.17, 15) is 14.7 Å². The Hall–Kier alpha value is -2.04. The molecule has 2 aliphatic rings. The van der Waals surface area contributed by atoms with Gasteiger partial charge in [-0.1, -0.05) is 37.8 Å². The average Bonchev–Trinajstić information content (AvgIpc) is 2.64. The largest absolute Gasteiger partial charge is 0.508 e. The summed E-state index contributed by atoms with van der Waals surface area (Å²) >= 11 is 0. The second-order valence-electron chi connectivity index (χ2n) is 5.96. The number of urea groups is 1. The van der Waals surface area contributed by atoms with E-state index in [0.29, 0.717) is 6.54 Å². The van der Waals surface area contributed by atoms with E-state index in [0.717, 1.165) is 44.1 Å². The van der Waals surface area contributed by atoms with Gasteiger partial charge in [0.15, 0.2) is 0 Å². The maximum atomic E-state index is 12.4. The topological polar surface area (TPSA) is 69.6 Å². The number of aromatic hydroxyl groups is 1. The summed E-state index contributed by atoms with van der Waals surface area (Å²) in [5.74, 6) is 0.0166. The minimum absolute atomic E-state index is 0.158. The Kier molecular flexibility index (Phi) is 3.57. The van der Waals surface area contributed by atoms with Gasteiger partial charge < -0.3 is 10.0 Å². The molecule has 1 aromatic carbocycles. The van der Waals surface area contributed by atoms with Crippen LogP contribution in [0.25, 0.3) is 0 Å². The van der Waals surface area contributed by atoms with Crippen LogP contribution in [0.5, 0.6) is 5.75 Å². The molecule has 1 saturated carbocycles. The quantitative estimate of drug-likeness (QED) is 0.822. The lowest BCUT2D eigenvalue weighted by Crippen LogP contribution is -2.48. The van der Waals surface area contributed by atoms with Crippen molar-refractivity contribution in [3.8, 4) is 5.75 Å². The molecule has 1 spiro atoms. The second-order valence-corrected chi connectivity index (χ2v) is 5.96. The van der Waals surface area contributed by atoms with Crippen molar-refractivity contribution in [2.45, 2.75) is 50.6 Å². The summed E-state index contributed by atoms with van der Waals surface area (Å²) in [4.78, 5) is 26.2. The first-order chi connectivity index (χ1) is 10.1. The zero-order valence-corrected chi connectivity index (χ0v) is 12.0. The molecule has 0 atom stereocenters. The van der Waals surface area contributed by atoms with Crippen LogP contribution in [0.15, 0.2) is 24.3 Å². The summed E-state index contributed by atoms with van der Waals surface area (Å²) in [7, 11) is 0. The zero-order valence-electron chi connectivity index (χ0n) is 12.0. The number of nitrogens with one attached hydrogen (secondary N) is 1. The van der Waals surface area contributed by atoms with Crippen LogP contribution in [0.3, 0.4) is 0 Å². The molecular formula is C16H20N2O3. The highest BCUT2D eigenvalue weighted by Crippen LogP contribution is 2.37. The van der Waals surface area contributed by atoms with Crippen LogP contribution >= 0.6 is 0 Å². The van der Waals surface area contributed by atoms with Crippen LogP contribution in [-0.4, -0.2) is 27.5 Å². The highest BCUT2D eigenvalue weighted by atomic mass is 16.3. The molecule has 0 unspecified atom stereocenters. The van der Waals surface area contributed by atoms with E-state index in [2.05, 4.69) is 5.32 Å². The number of hydrogen-bond acceptors (Lipinski definition) is 3. The highest BCUT2D eigenvalue weighted by molar-refractivity contribution is 6.07. The van der Waals surface area contributed by atoms with Crippen molar-refractivity contribution < 1.29 is 14.7 Å². The van der Waals surface area contributed by atoms with Gasteiger partial charge >= 0.3 is 6.03 Å². The molecule has 3 amide bonds. The number of carbonyl (C=O) groups is 2. The van der Waals surface area contributed by atoms with Crippen molar-refractivity contribution in [3.63, 3.8) is 0 Å². The molecule has 2 fully saturated rings. The number of rotatable bonds is 2. The number of phenols is 1. The Balaban J connectivity index is 1.90. The first kappa shape index (κ1) is 13.9. The summed E-state index contributed by atoms with van der Waals surface area (Å²) < 4.78 is 0. The third kappa shape index (κ3) is 2.48. The molecule has 1 aliphatic heterocycles. The molecule has 0 aromatic heterocycles. The van der Waals surface area contributed by atoms with E-state index >= 15 is 0 Å². The van der Waals surface area contributed by atoms with Crippen molar-refractivity contribution in [1.82, 2.24) is 10.2 Å². The summed E-state index contributed by atoms with van der Waals surface area (Å²) in [6.45, 7) is 0.353. The van der Waals surface area contributed by atoms with Gasteiger partial charge in [-0.25, -0.2) is 4.79 Å². The first-order valence-corrected chi connectivity index (χ1v) is 7.53. The van der Waals surface area contributed by atoms with Crippen LogP contribution in [0, 0.1) is 0 Å². The molecule has 2 N–H and O–H groups in total. The van der Waals surface area contributed by atoms with Crippen LogP contribution in [0.4, 0.5) is 4.79 Å². The second kappa shape index (κ2) is 5.39. The van der Waals surface area contributed by atoms with Crippen LogP contribution in [-0.2, 0) is 11.3 Å². The molecule has 21 heavy (non-hydrogen) atoms. The normalized spacial score (nSPS) is 21.4. The number of imide groups is 1. The van der Waals surface area contributed by atoms with Crippen LogP contribution < -0.4 is 5.32 Å². The highest BCUT2D eigenvalue weighted by Gasteiger charge is 2.52. The van der Waals surface area contributed by atoms with Crippen LogP contribution in [0.1, 0.15) is 44.1 Å². The third-order valence-corrected chi connectivity index (χ3v) is 4.59. The van der Waals surface area contributed by atoms with E-state index in [1.54, 1.807) is 23.1 Å². The molecule has 112 valence electrons. The minimum atomic E-state index is -0.695. The lowest BCUT2D eigenvalue weighted by atomic mass is 9.88. The number of nitrogens with zero attached hydrogens (tertiary/aromatic N) is 1. The molecule has 1 aromatic rings. The van der Waals surface area contributed by atoms with Crippen molar-refractivity contribution >= 4 is 11.9 Å². The lowest BCUT2D eigenvalue weighted by molar-refractivity contribution is -0.127. The van der Waals surface area contributed by atoms with E-state index in [-0.39, 0.29) is 17.7 Å². The maximum Gasteiger partial charge on any atom is 0.325 e. The van der Waals surface area contributed by atoms with E-state index < -0.39 is 5.54 Å². The molecule has 1 aliphatic carbocycles. The molecule has 0 bridgehead atoms. The van der Waals surface area contributed by atoms with Gasteiger partial charge in [0.05, 0.1) is 0 Å².